The molecule has 1 aromatic carbocycles. The molecule has 0 aliphatic heterocycles. The first kappa shape index (κ1) is 10.6. The Kier molecular flexibility index (Phi) is 2.60. The van der Waals surface area contributed by atoms with Crippen LogP contribution in [0.1, 0.15) is 25.3 Å². The van der Waals surface area contributed by atoms with E-state index < -0.39 is 5.76 Å². The van der Waals surface area contributed by atoms with Gasteiger partial charge in [0.1, 0.15) is 5.82 Å². The van der Waals surface area contributed by atoms with E-state index in [1.807, 2.05) is 13.8 Å². The van der Waals surface area contributed by atoms with Gasteiger partial charge in [0.15, 0.2) is 5.82 Å². The van der Waals surface area contributed by atoms with Crippen molar-refractivity contribution in [3.63, 3.8) is 0 Å². The molecule has 1 heterocycles. The topological polar surface area (TPSA) is 58.9 Å². The Hall–Kier alpha value is -1.91. The maximum atomic E-state index is 13.2. The summed E-state index contributed by atoms with van der Waals surface area (Å²) >= 11 is 0. The number of rotatable bonds is 2. The molecule has 0 amide bonds. The fourth-order valence-corrected chi connectivity index (χ4v) is 1.58. The van der Waals surface area contributed by atoms with Gasteiger partial charge in [-0.05, 0) is 23.6 Å². The third-order valence-corrected chi connectivity index (χ3v) is 2.33. The van der Waals surface area contributed by atoms with Crippen molar-refractivity contribution in [2.24, 2.45) is 0 Å². The highest BCUT2D eigenvalue weighted by atomic mass is 19.1. The number of aromatic nitrogens is 2. The number of H-pyrrole nitrogens is 1. The Labute approximate surface area is 91.1 Å². The normalized spacial score (nSPS) is 11.0. The highest BCUT2D eigenvalue weighted by molar-refractivity contribution is 5.60. The van der Waals surface area contributed by atoms with E-state index in [1.165, 1.54) is 12.1 Å². The van der Waals surface area contributed by atoms with E-state index in [4.69, 9.17) is 0 Å². The van der Waals surface area contributed by atoms with E-state index in [-0.39, 0.29) is 17.6 Å². The molecule has 0 saturated heterocycles. The SMILES string of the molecule is CC(C)c1ccc(F)cc1-c1noc(=O)[nH]1. The largest absolute Gasteiger partial charge is 0.439 e. The fourth-order valence-electron chi connectivity index (χ4n) is 1.58. The van der Waals surface area contributed by atoms with Gasteiger partial charge in [-0.25, -0.2) is 9.18 Å². The van der Waals surface area contributed by atoms with Crippen molar-refractivity contribution in [2.45, 2.75) is 19.8 Å². The van der Waals surface area contributed by atoms with E-state index in [9.17, 15) is 9.18 Å². The average molecular weight is 222 g/mol. The van der Waals surface area contributed by atoms with Crippen molar-refractivity contribution >= 4 is 0 Å². The van der Waals surface area contributed by atoms with Gasteiger partial charge >= 0.3 is 5.76 Å². The quantitative estimate of drug-likeness (QED) is 0.848. The zero-order chi connectivity index (χ0) is 11.7. The summed E-state index contributed by atoms with van der Waals surface area (Å²) in [5.74, 6) is -0.554. The van der Waals surface area contributed by atoms with Gasteiger partial charge in [-0.2, -0.15) is 0 Å². The lowest BCUT2D eigenvalue weighted by Gasteiger charge is -2.09. The molecule has 0 radical (unpaired) electrons. The molecule has 1 N–H and O–H groups in total. The van der Waals surface area contributed by atoms with E-state index in [1.54, 1.807) is 6.07 Å². The molecule has 0 saturated carbocycles. The van der Waals surface area contributed by atoms with Crippen LogP contribution in [-0.4, -0.2) is 10.1 Å². The Morgan fingerprint density at radius 2 is 2.19 bits per heavy atom. The van der Waals surface area contributed by atoms with Crippen LogP contribution in [0.5, 0.6) is 0 Å². The molecule has 16 heavy (non-hydrogen) atoms. The first-order valence-corrected chi connectivity index (χ1v) is 4.93. The van der Waals surface area contributed by atoms with Crippen molar-refractivity contribution in [2.75, 3.05) is 0 Å². The van der Waals surface area contributed by atoms with Crippen LogP contribution in [0.3, 0.4) is 0 Å². The van der Waals surface area contributed by atoms with Gasteiger partial charge in [-0.3, -0.25) is 9.51 Å². The number of nitrogens with zero attached hydrogens (tertiary/aromatic N) is 1. The molecule has 4 nitrogen and oxygen atoms in total. The lowest BCUT2D eigenvalue weighted by Crippen LogP contribution is -1.98. The minimum absolute atomic E-state index is 0.204. The maximum absolute atomic E-state index is 13.2. The molecule has 0 aliphatic carbocycles. The predicted molar refractivity (Wildman–Crippen MR) is 56.6 cm³/mol. The van der Waals surface area contributed by atoms with Crippen LogP contribution in [0.25, 0.3) is 11.4 Å². The second-order valence-corrected chi connectivity index (χ2v) is 3.83. The Bertz CT molecular complexity index is 557. The van der Waals surface area contributed by atoms with Crippen LogP contribution in [0.2, 0.25) is 0 Å². The summed E-state index contributed by atoms with van der Waals surface area (Å²) in [7, 11) is 0. The molecule has 2 aromatic rings. The lowest BCUT2D eigenvalue weighted by molar-refractivity contribution is 0.388. The molecule has 0 atom stereocenters. The first-order valence-electron chi connectivity index (χ1n) is 4.93. The summed E-state index contributed by atoms with van der Waals surface area (Å²) in [5.41, 5.74) is 1.46. The first-order chi connectivity index (χ1) is 7.58. The van der Waals surface area contributed by atoms with Crippen molar-refractivity contribution in [3.8, 4) is 11.4 Å². The zero-order valence-corrected chi connectivity index (χ0v) is 8.95. The molecule has 5 heteroatoms. The summed E-state index contributed by atoms with van der Waals surface area (Å²) in [6, 6.07) is 4.41. The van der Waals surface area contributed by atoms with Crippen LogP contribution in [0.15, 0.2) is 27.5 Å². The summed E-state index contributed by atoms with van der Waals surface area (Å²) in [6.45, 7) is 3.96. The molecule has 1 aromatic heterocycles. The molecular weight excluding hydrogens is 211 g/mol. The standard InChI is InChI=1S/C11H11FN2O2/c1-6(2)8-4-3-7(12)5-9(8)10-13-11(15)16-14-10/h3-6H,1-2H3,(H,13,14,15). The van der Waals surface area contributed by atoms with E-state index in [2.05, 4.69) is 14.7 Å². The molecule has 0 bridgehead atoms. The number of aromatic amines is 1. The van der Waals surface area contributed by atoms with Crippen LogP contribution in [0.4, 0.5) is 4.39 Å². The van der Waals surface area contributed by atoms with Crippen LogP contribution < -0.4 is 5.76 Å². The molecular formula is C11H11FN2O2. The molecule has 84 valence electrons. The Morgan fingerprint density at radius 3 is 2.75 bits per heavy atom. The second kappa shape index (κ2) is 3.92. The highest BCUT2D eigenvalue weighted by Gasteiger charge is 2.13. The number of hydrogen-bond donors (Lipinski definition) is 1. The Balaban J connectivity index is 2.62. The number of halogens is 1. The van der Waals surface area contributed by atoms with Crippen LogP contribution >= 0.6 is 0 Å². The minimum atomic E-state index is -0.644. The van der Waals surface area contributed by atoms with Crippen molar-refractivity contribution in [1.29, 1.82) is 0 Å². The van der Waals surface area contributed by atoms with Gasteiger partial charge < -0.3 is 0 Å². The smallest absolute Gasteiger partial charge is 0.296 e. The van der Waals surface area contributed by atoms with Gasteiger partial charge in [0.25, 0.3) is 0 Å². The molecule has 0 aliphatic rings. The average Bonchev–Trinajstić information content (AvgIpc) is 2.64. The Morgan fingerprint density at radius 1 is 1.44 bits per heavy atom. The summed E-state index contributed by atoms with van der Waals surface area (Å²) < 4.78 is 17.6. The van der Waals surface area contributed by atoms with Crippen molar-refractivity contribution in [1.82, 2.24) is 10.1 Å². The van der Waals surface area contributed by atoms with Gasteiger partial charge in [0, 0.05) is 5.56 Å². The van der Waals surface area contributed by atoms with Gasteiger partial charge in [0.2, 0.25) is 0 Å². The molecule has 0 spiro atoms. The van der Waals surface area contributed by atoms with Crippen LogP contribution in [0, 0.1) is 5.82 Å². The summed E-state index contributed by atoms with van der Waals surface area (Å²) in [6.07, 6.45) is 0. The fraction of sp³-hybridized carbons (Fsp3) is 0.273. The maximum Gasteiger partial charge on any atom is 0.439 e. The zero-order valence-electron chi connectivity index (χ0n) is 8.95. The van der Waals surface area contributed by atoms with Gasteiger partial charge in [-0.15, -0.1) is 0 Å². The van der Waals surface area contributed by atoms with Gasteiger partial charge in [0.05, 0.1) is 0 Å². The minimum Gasteiger partial charge on any atom is -0.296 e. The molecule has 2 rings (SSSR count). The lowest BCUT2D eigenvalue weighted by atomic mass is 9.97. The molecule has 0 unspecified atom stereocenters. The third-order valence-electron chi connectivity index (χ3n) is 2.33. The summed E-state index contributed by atoms with van der Waals surface area (Å²) in [5, 5.41) is 3.56. The van der Waals surface area contributed by atoms with E-state index >= 15 is 0 Å². The number of hydrogen-bond acceptors (Lipinski definition) is 3. The second-order valence-electron chi connectivity index (χ2n) is 3.83. The van der Waals surface area contributed by atoms with Gasteiger partial charge in [-0.1, -0.05) is 25.1 Å². The summed E-state index contributed by atoms with van der Waals surface area (Å²) in [4.78, 5) is 13.3. The van der Waals surface area contributed by atoms with E-state index in [0.717, 1.165) is 5.56 Å². The number of nitrogens with one attached hydrogen (secondary N) is 1. The predicted octanol–water partition coefficient (Wildman–Crippen LogP) is 2.29. The third kappa shape index (κ3) is 1.88. The van der Waals surface area contributed by atoms with Crippen molar-refractivity contribution in [3.05, 3.63) is 40.1 Å². The van der Waals surface area contributed by atoms with E-state index in [0.29, 0.717) is 5.56 Å². The highest BCUT2D eigenvalue weighted by Crippen LogP contribution is 2.26. The monoisotopic (exact) mass is 222 g/mol. The van der Waals surface area contributed by atoms with Crippen molar-refractivity contribution < 1.29 is 8.91 Å². The number of benzene rings is 1. The molecule has 0 fully saturated rings. The van der Waals surface area contributed by atoms with Crippen LogP contribution in [-0.2, 0) is 0 Å².